The Bertz CT molecular complexity index is 316. The fourth-order valence-corrected chi connectivity index (χ4v) is 1.80. The van der Waals surface area contributed by atoms with E-state index in [1.165, 1.54) is 0 Å². The van der Waals surface area contributed by atoms with Gasteiger partial charge in [0, 0.05) is 25.1 Å². The quantitative estimate of drug-likeness (QED) is 0.595. The molecule has 0 fully saturated rings. The molecule has 1 aromatic rings. The van der Waals surface area contributed by atoms with E-state index in [9.17, 15) is 4.79 Å². The Morgan fingerprint density at radius 2 is 2.19 bits per heavy atom. The first-order valence-corrected chi connectivity index (χ1v) is 6.60. The highest BCUT2D eigenvalue weighted by molar-refractivity contribution is 9.09. The van der Waals surface area contributed by atoms with Crippen molar-refractivity contribution in [3.8, 4) is 0 Å². The Hall–Kier alpha value is -0.900. The summed E-state index contributed by atoms with van der Waals surface area (Å²) in [6.45, 7) is 0.794. The lowest BCUT2D eigenvalue weighted by Gasteiger charge is -2.16. The van der Waals surface area contributed by atoms with E-state index in [1.807, 2.05) is 19.2 Å². The summed E-state index contributed by atoms with van der Waals surface area (Å²) in [7, 11) is 1.82. The molecular formula is C12H17BrN2O. The van der Waals surface area contributed by atoms with Crippen LogP contribution in [0.1, 0.15) is 29.8 Å². The summed E-state index contributed by atoms with van der Waals surface area (Å²) in [4.78, 5) is 17.6. The van der Waals surface area contributed by atoms with Gasteiger partial charge in [-0.1, -0.05) is 28.4 Å². The first kappa shape index (κ1) is 13.2. The Morgan fingerprint density at radius 1 is 1.38 bits per heavy atom. The van der Waals surface area contributed by atoms with E-state index in [1.54, 1.807) is 17.2 Å². The minimum Gasteiger partial charge on any atom is -0.340 e. The number of alkyl halides is 1. The monoisotopic (exact) mass is 284 g/mol. The molecule has 16 heavy (non-hydrogen) atoms. The average molecular weight is 285 g/mol. The van der Waals surface area contributed by atoms with Gasteiger partial charge in [-0.2, -0.15) is 0 Å². The number of rotatable bonds is 6. The standard InChI is InChI=1S/C12H17BrN2O/c1-15(10-6-2-4-8-13)12(16)11-7-3-5-9-14-11/h3,5,7,9H,2,4,6,8,10H2,1H3. The minimum absolute atomic E-state index is 0.000516. The van der Waals surface area contributed by atoms with Crippen LogP contribution in [-0.4, -0.2) is 34.7 Å². The van der Waals surface area contributed by atoms with Gasteiger partial charge in [-0.3, -0.25) is 9.78 Å². The number of unbranched alkanes of at least 4 members (excludes halogenated alkanes) is 2. The van der Waals surface area contributed by atoms with Crippen LogP contribution in [0.3, 0.4) is 0 Å². The SMILES string of the molecule is CN(CCCCCBr)C(=O)c1ccccn1. The molecule has 0 aliphatic heterocycles. The van der Waals surface area contributed by atoms with Crippen LogP contribution in [0.2, 0.25) is 0 Å². The number of halogens is 1. The van der Waals surface area contributed by atoms with E-state index in [2.05, 4.69) is 20.9 Å². The molecule has 0 atom stereocenters. The second kappa shape index (κ2) is 7.39. The molecular weight excluding hydrogens is 268 g/mol. The van der Waals surface area contributed by atoms with Crippen molar-refractivity contribution in [2.24, 2.45) is 0 Å². The summed E-state index contributed by atoms with van der Waals surface area (Å²) >= 11 is 3.39. The third kappa shape index (κ3) is 4.31. The number of amides is 1. The van der Waals surface area contributed by atoms with E-state index in [0.717, 1.165) is 31.1 Å². The van der Waals surface area contributed by atoms with E-state index >= 15 is 0 Å². The van der Waals surface area contributed by atoms with Crippen LogP contribution in [0.25, 0.3) is 0 Å². The Morgan fingerprint density at radius 3 is 2.81 bits per heavy atom. The zero-order valence-electron chi connectivity index (χ0n) is 9.53. The van der Waals surface area contributed by atoms with Gasteiger partial charge in [0.15, 0.2) is 0 Å². The van der Waals surface area contributed by atoms with Gasteiger partial charge in [-0.05, 0) is 25.0 Å². The molecule has 0 aromatic carbocycles. The molecule has 0 spiro atoms. The molecule has 0 bridgehead atoms. The van der Waals surface area contributed by atoms with Gasteiger partial charge >= 0.3 is 0 Å². The lowest BCUT2D eigenvalue weighted by molar-refractivity contribution is 0.0787. The van der Waals surface area contributed by atoms with Gasteiger partial charge in [-0.25, -0.2) is 0 Å². The summed E-state index contributed by atoms with van der Waals surface area (Å²) in [6, 6.07) is 5.39. The van der Waals surface area contributed by atoms with Crippen LogP contribution in [0.15, 0.2) is 24.4 Å². The molecule has 0 saturated carbocycles. The Kier molecular flexibility index (Phi) is 6.08. The lowest BCUT2D eigenvalue weighted by atomic mass is 10.2. The lowest BCUT2D eigenvalue weighted by Crippen LogP contribution is -2.28. The maximum atomic E-state index is 11.9. The molecule has 0 N–H and O–H groups in total. The largest absolute Gasteiger partial charge is 0.340 e. The molecule has 0 radical (unpaired) electrons. The summed E-state index contributed by atoms with van der Waals surface area (Å²) in [5.41, 5.74) is 0.519. The van der Waals surface area contributed by atoms with Crippen molar-refractivity contribution in [3.63, 3.8) is 0 Å². The molecule has 0 saturated heterocycles. The highest BCUT2D eigenvalue weighted by Crippen LogP contribution is 2.03. The third-order valence-electron chi connectivity index (χ3n) is 2.36. The van der Waals surface area contributed by atoms with Crippen molar-refractivity contribution in [3.05, 3.63) is 30.1 Å². The predicted octanol–water partition coefficient (Wildman–Crippen LogP) is 2.72. The van der Waals surface area contributed by atoms with Crippen LogP contribution >= 0.6 is 15.9 Å². The number of carbonyl (C=O) groups excluding carboxylic acids is 1. The normalized spacial score (nSPS) is 10.1. The highest BCUT2D eigenvalue weighted by atomic mass is 79.9. The molecule has 1 amide bonds. The summed E-state index contributed by atoms with van der Waals surface area (Å²) in [5.74, 6) is -0.000516. The third-order valence-corrected chi connectivity index (χ3v) is 2.92. The molecule has 88 valence electrons. The first-order chi connectivity index (χ1) is 7.75. The predicted molar refractivity (Wildman–Crippen MR) is 68.8 cm³/mol. The number of aromatic nitrogens is 1. The maximum Gasteiger partial charge on any atom is 0.272 e. The average Bonchev–Trinajstić information content (AvgIpc) is 2.34. The Labute approximate surface area is 105 Å². The molecule has 0 aliphatic rings. The van der Waals surface area contributed by atoms with Crippen LogP contribution in [0, 0.1) is 0 Å². The van der Waals surface area contributed by atoms with Crippen molar-refractivity contribution < 1.29 is 4.79 Å². The smallest absolute Gasteiger partial charge is 0.272 e. The van der Waals surface area contributed by atoms with Crippen LogP contribution in [-0.2, 0) is 0 Å². The van der Waals surface area contributed by atoms with Crippen molar-refractivity contribution in [2.75, 3.05) is 18.9 Å². The van der Waals surface area contributed by atoms with Crippen molar-refractivity contribution >= 4 is 21.8 Å². The topological polar surface area (TPSA) is 33.2 Å². The zero-order chi connectivity index (χ0) is 11.8. The summed E-state index contributed by atoms with van der Waals surface area (Å²) in [6.07, 6.45) is 4.99. The zero-order valence-corrected chi connectivity index (χ0v) is 11.1. The van der Waals surface area contributed by atoms with Gasteiger partial charge in [-0.15, -0.1) is 0 Å². The maximum absolute atomic E-state index is 11.9. The summed E-state index contributed by atoms with van der Waals surface area (Å²) < 4.78 is 0. The molecule has 0 aliphatic carbocycles. The highest BCUT2D eigenvalue weighted by Gasteiger charge is 2.11. The molecule has 3 nitrogen and oxygen atoms in total. The van der Waals surface area contributed by atoms with Gasteiger partial charge < -0.3 is 4.90 Å². The minimum atomic E-state index is -0.000516. The molecule has 4 heteroatoms. The molecule has 1 rings (SSSR count). The van der Waals surface area contributed by atoms with Gasteiger partial charge in [0.1, 0.15) is 5.69 Å². The second-order valence-corrected chi connectivity index (χ2v) is 4.48. The number of nitrogens with zero attached hydrogens (tertiary/aromatic N) is 2. The van der Waals surface area contributed by atoms with E-state index in [-0.39, 0.29) is 5.91 Å². The summed E-state index contributed by atoms with van der Waals surface area (Å²) in [5, 5.41) is 1.03. The number of carbonyl (C=O) groups is 1. The van der Waals surface area contributed by atoms with Crippen LogP contribution < -0.4 is 0 Å². The Balaban J connectivity index is 2.37. The fourth-order valence-electron chi connectivity index (χ4n) is 1.41. The van der Waals surface area contributed by atoms with E-state index in [0.29, 0.717) is 5.69 Å². The second-order valence-electron chi connectivity index (χ2n) is 3.69. The van der Waals surface area contributed by atoms with Crippen LogP contribution in [0.4, 0.5) is 0 Å². The first-order valence-electron chi connectivity index (χ1n) is 5.48. The van der Waals surface area contributed by atoms with Crippen molar-refractivity contribution in [2.45, 2.75) is 19.3 Å². The van der Waals surface area contributed by atoms with Gasteiger partial charge in [0.2, 0.25) is 0 Å². The van der Waals surface area contributed by atoms with E-state index in [4.69, 9.17) is 0 Å². The van der Waals surface area contributed by atoms with Crippen LogP contribution in [0.5, 0.6) is 0 Å². The number of hydrogen-bond acceptors (Lipinski definition) is 2. The number of hydrogen-bond donors (Lipinski definition) is 0. The molecule has 1 aromatic heterocycles. The van der Waals surface area contributed by atoms with Crippen molar-refractivity contribution in [1.29, 1.82) is 0 Å². The molecule has 1 heterocycles. The fraction of sp³-hybridized carbons (Fsp3) is 0.500. The van der Waals surface area contributed by atoms with Gasteiger partial charge in [0.25, 0.3) is 5.91 Å². The number of pyridine rings is 1. The van der Waals surface area contributed by atoms with Crippen molar-refractivity contribution in [1.82, 2.24) is 9.88 Å². The van der Waals surface area contributed by atoms with E-state index < -0.39 is 0 Å². The van der Waals surface area contributed by atoms with Gasteiger partial charge in [0.05, 0.1) is 0 Å². The molecule has 0 unspecified atom stereocenters.